The van der Waals surface area contributed by atoms with E-state index in [1.54, 1.807) is 6.07 Å². The summed E-state index contributed by atoms with van der Waals surface area (Å²) in [5.41, 5.74) is 0.179. The maximum absolute atomic E-state index is 13.7. The van der Waals surface area contributed by atoms with Gasteiger partial charge in [-0.2, -0.15) is 0 Å². The fourth-order valence-electron chi connectivity index (χ4n) is 3.43. The molecule has 1 aromatic rings. The zero-order valence-corrected chi connectivity index (χ0v) is 12.7. The van der Waals surface area contributed by atoms with Crippen molar-refractivity contribution in [3.05, 3.63) is 29.0 Å². The van der Waals surface area contributed by atoms with Crippen molar-refractivity contribution < 1.29 is 9.18 Å². The molecular formula is C15H19ClFN3O. The van der Waals surface area contributed by atoms with E-state index in [9.17, 15) is 9.18 Å². The normalized spacial score (nSPS) is 28.6. The van der Waals surface area contributed by atoms with Crippen LogP contribution in [0.3, 0.4) is 0 Å². The second-order valence-electron chi connectivity index (χ2n) is 5.92. The summed E-state index contributed by atoms with van der Waals surface area (Å²) in [4.78, 5) is 14.3. The highest BCUT2D eigenvalue weighted by Gasteiger charge is 2.42. The zero-order chi connectivity index (χ0) is 15.0. The quantitative estimate of drug-likeness (QED) is 0.897. The van der Waals surface area contributed by atoms with Crippen molar-refractivity contribution in [3.8, 4) is 0 Å². The van der Waals surface area contributed by atoms with E-state index in [2.05, 4.69) is 22.5 Å². The number of hydrogen-bond donors (Lipinski definition) is 2. The summed E-state index contributed by atoms with van der Waals surface area (Å²) in [5, 5.41) is 6.33. The highest BCUT2D eigenvalue weighted by Crippen LogP contribution is 2.32. The number of anilines is 1. The molecule has 6 heteroatoms. The number of hydrogen-bond acceptors (Lipinski definition) is 3. The van der Waals surface area contributed by atoms with Crippen molar-refractivity contribution >= 4 is 23.2 Å². The first-order chi connectivity index (χ1) is 10.0. The lowest BCUT2D eigenvalue weighted by molar-refractivity contribution is -0.117. The summed E-state index contributed by atoms with van der Waals surface area (Å²) in [5.74, 6) is 0.549. The van der Waals surface area contributed by atoms with Crippen molar-refractivity contribution in [1.29, 1.82) is 0 Å². The summed E-state index contributed by atoms with van der Waals surface area (Å²) in [6, 6.07) is 4.63. The van der Waals surface area contributed by atoms with E-state index < -0.39 is 5.82 Å². The Balaban J connectivity index is 1.59. The van der Waals surface area contributed by atoms with Crippen LogP contribution in [-0.4, -0.2) is 43.0 Å². The minimum atomic E-state index is -0.508. The number of carbonyl (C=O) groups excluding carboxylic acids is 1. The van der Waals surface area contributed by atoms with Gasteiger partial charge in [-0.15, -0.1) is 0 Å². The maximum atomic E-state index is 13.7. The second-order valence-corrected chi connectivity index (χ2v) is 6.36. The SMILES string of the molecule is CC1C2CNCC2CN1CC(=O)Nc1ccc(Cl)cc1F. The average molecular weight is 312 g/mol. The fraction of sp³-hybridized carbons (Fsp3) is 0.533. The molecule has 4 nitrogen and oxygen atoms in total. The number of halogens is 2. The van der Waals surface area contributed by atoms with Crippen LogP contribution in [0.2, 0.25) is 5.02 Å². The third-order valence-electron chi connectivity index (χ3n) is 4.61. The molecular weight excluding hydrogens is 293 g/mol. The highest BCUT2D eigenvalue weighted by molar-refractivity contribution is 6.30. The molecule has 2 N–H and O–H groups in total. The lowest BCUT2D eigenvalue weighted by Gasteiger charge is -2.23. The molecule has 2 aliphatic rings. The lowest BCUT2D eigenvalue weighted by Crippen LogP contribution is -2.39. The Morgan fingerprint density at radius 3 is 3.05 bits per heavy atom. The number of likely N-dealkylation sites (tertiary alicyclic amines) is 1. The summed E-state index contributed by atoms with van der Waals surface area (Å²) in [6.07, 6.45) is 0. The predicted octanol–water partition coefficient (Wildman–Crippen LogP) is 1.96. The number of nitrogens with one attached hydrogen (secondary N) is 2. The summed E-state index contributed by atoms with van der Waals surface area (Å²) >= 11 is 5.70. The van der Waals surface area contributed by atoms with Crippen LogP contribution in [0.25, 0.3) is 0 Å². The van der Waals surface area contributed by atoms with Crippen LogP contribution < -0.4 is 10.6 Å². The molecule has 2 aliphatic heterocycles. The number of benzene rings is 1. The Kier molecular flexibility index (Phi) is 4.15. The van der Waals surface area contributed by atoms with Gasteiger partial charge in [0.2, 0.25) is 5.91 Å². The molecule has 2 heterocycles. The van der Waals surface area contributed by atoms with Gasteiger partial charge >= 0.3 is 0 Å². The molecule has 21 heavy (non-hydrogen) atoms. The van der Waals surface area contributed by atoms with Crippen molar-refractivity contribution in [1.82, 2.24) is 10.2 Å². The Bertz CT molecular complexity index is 554. The van der Waals surface area contributed by atoms with Gasteiger partial charge in [0.15, 0.2) is 0 Å². The summed E-state index contributed by atoms with van der Waals surface area (Å²) in [6.45, 7) is 5.44. The zero-order valence-electron chi connectivity index (χ0n) is 11.9. The van der Waals surface area contributed by atoms with E-state index in [0.717, 1.165) is 19.6 Å². The maximum Gasteiger partial charge on any atom is 0.238 e. The van der Waals surface area contributed by atoms with Gasteiger partial charge in [0.25, 0.3) is 0 Å². The van der Waals surface area contributed by atoms with E-state index in [-0.39, 0.29) is 11.6 Å². The fourth-order valence-corrected chi connectivity index (χ4v) is 3.59. The molecule has 0 bridgehead atoms. The molecule has 1 aromatic carbocycles. The van der Waals surface area contributed by atoms with Gasteiger partial charge in [-0.05, 0) is 50.0 Å². The number of fused-ring (bicyclic) bond motifs is 1. The molecule has 0 radical (unpaired) electrons. The third-order valence-corrected chi connectivity index (χ3v) is 4.84. The minimum absolute atomic E-state index is 0.179. The van der Waals surface area contributed by atoms with Crippen molar-refractivity contribution in [2.75, 3.05) is 31.5 Å². The molecule has 3 rings (SSSR count). The summed E-state index contributed by atoms with van der Waals surface area (Å²) in [7, 11) is 0. The molecule has 3 unspecified atom stereocenters. The van der Waals surface area contributed by atoms with Gasteiger partial charge in [0.1, 0.15) is 5.82 Å². The van der Waals surface area contributed by atoms with Crippen LogP contribution in [-0.2, 0) is 4.79 Å². The van der Waals surface area contributed by atoms with Crippen molar-refractivity contribution in [2.24, 2.45) is 11.8 Å². The van der Waals surface area contributed by atoms with Crippen molar-refractivity contribution in [2.45, 2.75) is 13.0 Å². The topological polar surface area (TPSA) is 44.4 Å². The lowest BCUT2D eigenvalue weighted by atomic mass is 9.95. The first-order valence-electron chi connectivity index (χ1n) is 7.24. The molecule has 2 saturated heterocycles. The van der Waals surface area contributed by atoms with Gasteiger partial charge in [-0.1, -0.05) is 11.6 Å². The second kappa shape index (κ2) is 5.91. The van der Waals surface area contributed by atoms with Crippen LogP contribution in [0, 0.1) is 17.7 Å². The van der Waals surface area contributed by atoms with Crippen LogP contribution in [0.1, 0.15) is 6.92 Å². The standard InChI is InChI=1S/C15H19ClFN3O/c1-9-12-6-18-5-10(12)7-20(9)8-15(21)19-14-3-2-11(16)4-13(14)17/h2-4,9-10,12,18H,5-8H2,1H3,(H,19,21). The van der Waals surface area contributed by atoms with E-state index in [4.69, 9.17) is 11.6 Å². The molecule has 0 saturated carbocycles. The first kappa shape index (κ1) is 14.8. The number of nitrogens with zero attached hydrogens (tertiary/aromatic N) is 1. The molecule has 0 aliphatic carbocycles. The van der Waals surface area contributed by atoms with Gasteiger partial charge in [-0.25, -0.2) is 4.39 Å². The average Bonchev–Trinajstić information content (AvgIpc) is 2.98. The number of carbonyl (C=O) groups is 1. The van der Waals surface area contributed by atoms with Crippen molar-refractivity contribution in [3.63, 3.8) is 0 Å². The summed E-state index contributed by atoms with van der Waals surface area (Å²) < 4.78 is 13.7. The Hall–Kier alpha value is -1.17. The molecule has 114 valence electrons. The first-order valence-corrected chi connectivity index (χ1v) is 7.62. The Morgan fingerprint density at radius 1 is 1.52 bits per heavy atom. The highest BCUT2D eigenvalue weighted by atomic mass is 35.5. The van der Waals surface area contributed by atoms with Crippen LogP contribution in [0.5, 0.6) is 0 Å². The minimum Gasteiger partial charge on any atom is -0.322 e. The monoisotopic (exact) mass is 311 g/mol. The molecule has 2 fully saturated rings. The Labute approximate surface area is 128 Å². The number of rotatable bonds is 3. The van der Waals surface area contributed by atoms with Gasteiger partial charge < -0.3 is 10.6 Å². The third kappa shape index (κ3) is 3.05. The molecule has 0 aromatic heterocycles. The molecule has 3 atom stereocenters. The predicted molar refractivity (Wildman–Crippen MR) is 80.9 cm³/mol. The number of amides is 1. The van der Waals surface area contributed by atoms with E-state index in [1.165, 1.54) is 12.1 Å². The molecule has 1 amide bonds. The molecule has 0 spiro atoms. The van der Waals surface area contributed by atoms with Gasteiger partial charge in [0, 0.05) is 17.6 Å². The van der Waals surface area contributed by atoms with Crippen LogP contribution in [0.4, 0.5) is 10.1 Å². The van der Waals surface area contributed by atoms with Gasteiger partial charge in [-0.3, -0.25) is 9.69 Å². The van der Waals surface area contributed by atoms with E-state index in [1.807, 2.05) is 0 Å². The van der Waals surface area contributed by atoms with Crippen LogP contribution in [0.15, 0.2) is 18.2 Å². The largest absolute Gasteiger partial charge is 0.322 e. The Morgan fingerprint density at radius 2 is 2.33 bits per heavy atom. The smallest absolute Gasteiger partial charge is 0.238 e. The van der Waals surface area contributed by atoms with E-state index in [0.29, 0.717) is 29.4 Å². The van der Waals surface area contributed by atoms with Gasteiger partial charge in [0.05, 0.1) is 12.2 Å². The van der Waals surface area contributed by atoms with Crippen LogP contribution >= 0.6 is 11.6 Å². The van der Waals surface area contributed by atoms with E-state index >= 15 is 0 Å².